The number of amides is 1. The van der Waals surface area contributed by atoms with Crippen LogP contribution in [-0.4, -0.2) is 114 Å². The molecule has 1 aliphatic carbocycles. The van der Waals surface area contributed by atoms with Gasteiger partial charge < -0.3 is 24.8 Å². The van der Waals surface area contributed by atoms with E-state index >= 15 is 0 Å². The molecule has 43 heavy (non-hydrogen) atoms. The van der Waals surface area contributed by atoms with Gasteiger partial charge in [0, 0.05) is 48.3 Å². The zero-order chi connectivity index (χ0) is 30.6. The second-order valence-corrected chi connectivity index (χ2v) is 16.6. The SMILES string of the molecule is CC1(C)S[C@@H]2[C@H](N=CN3CCCCCC3)C(=O)N2[C@H]1C(=O)O.C[C@]1(Cn2ccnn2)[C@H](C(=O)[O-])C2C(=O)CC2S1(=O)=O.[Na+]. The van der Waals surface area contributed by atoms with Crippen LogP contribution in [0.4, 0.5) is 0 Å². The molecule has 1 aromatic heterocycles. The van der Waals surface area contributed by atoms with Gasteiger partial charge in [-0.05, 0) is 33.6 Å². The van der Waals surface area contributed by atoms with Crippen molar-refractivity contribution < 1.29 is 67.4 Å². The Hall–Kier alpha value is -2.01. The fourth-order valence-corrected chi connectivity index (χ4v) is 11.1. The average Bonchev–Trinajstić information content (AvgIpc) is 3.43. The van der Waals surface area contributed by atoms with Crippen LogP contribution in [0.25, 0.3) is 0 Å². The summed E-state index contributed by atoms with van der Waals surface area (Å²) in [6.45, 7) is 6.95. The number of aromatic nitrogens is 3. The summed E-state index contributed by atoms with van der Waals surface area (Å²) >= 11 is 1.55. The van der Waals surface area contributed by atoms with Crippen molar-refractivity contribution in [3.05, 3.63) is 12.4 Å². The van der Waals surface area contributed by atoms with Gasteiger partial charge in [-0.3, -0.25) is 19.3 Å². The van der Waals surface area contributed by atoms with Gasteiger partial charge in [0.25, 0.3) is 5.91 Å². The Balaban J connectivity index is 0.000000193. The zero-order valence-electron chi connectivity index (χ0n) is 24.7. The van der Waals surface area contributed by atoms with Gasteiger partial charge in [-0.1, -0.05) is 18.1 Å². The molecule has 4 aliphatic heterocycles. The number of hydrogen-bond acceptors (Lipinski definition) is 11. The molecule has 1 aromatic rings. The van der Waals surface area contributed by atoms with Crippen LogP contribution < -0.4 is 34.7 Å². The number of nitrogens with zero attached hydrogens (tertiary/aromatic N) is 6. The number of β-lactam (4-membered cyclic amide) rings is 1. The van der Waals surface area contributed by atoms with Crippen LogP contribution in [0, 0.1) is 11.8 Å². The summed E-state index contributed by atoms with van der Waals surface area (Å²) < 4.78 is 24.3. The van der Waals surface area contributed by atoms with Gasteiger partial charge >= 0.3 is 35.5 Å². The summed E-state index contributed by atoms with van der Waals surface area (Å²) in [7, 11) is -3.76. The van der Waals surface area contributed by atoms with Gasteiger partial charge in [0.15, 0.2) is 15.9 Å². The number of carboxylic acids is 2. The molecule has 5 fully saturated rings. The number of likely N-dealkylation sites (tertiary alicyclic amines) is 1. The van der Waals surface area contributed by atoms with Gasteiger partial charge in [0.05, 0.1) is 29.1 Å². The normalized spacial score (nSPS) is 35.4. The van der Waals surface area contributed by atoms with Gasteiger partial charge in [-0.25, -0.2) is 13.2 Å². The predicted octanol–water partition coefficient (Wildman–Crippen LogP) is -3.80. The smallest absolute Gasteiger partial charge is 0.550 e. The molecular formula is C26H35N6NaO8S2. The van der Waals surface area contributed by atoms with Crippen LogP contribution >= 0.6 is 11.8 Å². The fraction of sp³-hybridized carbons (Fsp3) is 0.731. The van der Waals surface area contributed by atoms with Crippen molar-refractivity contribution in [3.8, 4) is 0 Å². The summed E-state index contributed by atoms with van der Waals surface area (Å²) in [6, 6.07) is -1.17. The molecule has 230 valence electrons. The van der Waals surface area contributed by atoms with Crippen molar-refractivity contribution in [2.45, 2.75) is 91.6 Å². The molecule has 0 aromatic carbocycles. The number of aliphatic carboxylic acids is 2. The molecule has 1 saturated carbocycles. The van der Waals surface area contributed by atoms with E-state index < -0.39 is 60.4 Å². The molecule has 0 bridgehead atoms. The first-order valence-electron chi connectivity index (χ1n) is 14.0. The standard InChI is InChI=1S/C15H23N3O3S.C11H13N3O5S.Na/c1-15(2)11(14(20)21)18-12(19)10(13(18)22-15)16-9-17-7-5-3-4-6-8-17;1-11(5-14-3-2-12-13-14)9(10(16)17)8-6(15)4-7(8)20(11,18)19;/h9-11,13H,3-8H2,1-2H3,(H,20,21);2-3,7-9H,4-5H2,1H3,(H,16,17);/q;;+1/p-1/t10-,11+,13-;7?,8?,9-,11-;/m10./s1. The Labute approximate surface area is 276 Å². The maximum Gasteiger partial charge on any atom is 1.00 e. The van der Waals surface area contributed by atoms with Crippen molar-refractivity contribution in [2.24, 2.45) is 16.8 Å². The monoisotopic (exact) mass is 646 g/mol. The first-order chi connectivity index (χ1) is 19.7. The number of carboxylic acid groups (broad SMARTS) is 2. The number of aliphatic imine (C=N–C) groups is 1. The minimum absolute atomic E-state index is 0. The fourth-order valence-electron chi connectivity index (χ4n) is 6.84. The first kappa shape index (κ1) is 33.9. The van der Waals surface area contributed by atoms with Crippen LogP contribution in [-0.2, 0) is 35.6 Å². The Morgan fingerprint density at radius 3 is 2.37 bits per heavy atom. The second kappa shape index (κ2) is 12.4. The van der Waals surface area contributed by atoms with E-state index in [2.05, 4.69) is 20.2 Å². The van der Waals surface area contributed by atoms with Crippen LogP contribution in [0.3, 0.4) is 0 Å². The summed E-state index contributed by atoms with van der Waals surface area (Å²) in [5, 5.41) is 27.0. The maximum absolute atomic E-state index is 12.6. The molecular weight excluding hydrogens is 611 g/mol. The Bertz CT molecular complexity index is 1400. The molecule has 0 radical (unpaired) electrons. The number of ketones is 1. The third-order valence-electron chi connectivity index (χ3n) is 9.12. The van der Waals surface area contributed by atoms with E-state index in [1.54, 1.807) is 11.8 Å². The molecule has 0 spiro atoms. The Kier molecular flexibility index (Phi) is 9.78. The van der Waals surface area contributed by atoms with Crippen molar-refractivity contribution in [1.82, 2.24) is 24.8 Å². The topological polar surface area (TPSA) is 195 Å². The summed E-state index contributed by atoms with van der Waals surface area (Å²) in [5.41, 5.74) is 0. The largest absolute Gasteiger partial charge is 1.00 e. The number of hydrogen-bond donors (Lipinski definition) is 1. The molecule has 5 aliphatic rings. The summed E-state index contributed by atoms with van der Waals surface area (Å²) in [6.07, 6.45) is 9.39. The van der Waals surface area contributed by atoms with Gasteiger partial charge in [0.2, 0.25) is 0 Å². The van der Waals surface area contributed by atoms with E-state index in [9.17, 15) is 37.8 Å². The quantitative estimate of drug-likeness (QED) is 0.137. The molecule has 7 atom stereocenters. The van der Waals surface area contributed by atoms with Crippen molar-refractivity contribution in [2.75, 3.05) is 13.1 Å². The van der Waals surface area contributed by atoms with E-state index in [1.807, 2.05) is 20.2 Å². The van der Waals surface area contributed by atoms with Gasteiger partial charge in [0.1, 0.15) is 17.2 Å². The van der Waals surface area contributed by atoms with Crippen molar-refractivity contribution in [1.29, 1.82) is 0 Å². The van der Waals surface area contributed by atoms with Crippen molar-refractivity contribution in [3.63, 3.8) is 0 Å². The Morgan fingerprint density at radius 1 is 1.19 bits per heavy atom. The minimum Gasteiger partial charge on any atom is -0.550 e. The number of Topliss-reactive ketones (excluding diaryl/α,β-unsaturated/α-hetero) is 1. The zero-order valence-corrected chi connectivity index (χ0v) is 28.3. The van der Waals surface area contributed by atoms with Gasteiger partial charge in [-0.15, -0.1) is 16.9 Å². The number of fused-ring (bicyclic) bond motifs is 2. The average molecular weight is 647 g/mol. The summed E-state index contributed by atoms with van der Waals surface area (Å²) in [4.78, 5) is 54.9. The maximum atomic E-state index is 12.6. The van der Waals surface area contributed by atoms with Crippen LogP contribution in [0.2, 0.25) is 0 Å². The molecule has 14 nitrogen and oxygen atoms in total. The van der Waals surface area contributed by atoms with E-state index in [0.29, 0.717) is 0 Å². The number of carbonyl (C=O) groups excluding carboxylic acids is 3. The molecule has 17 heteroatoms. The number of carbonyl (C=O) groups is 4. The third kappa shape index (κ3) is 5.77. The Morgan fingerprint density at radius 2 is 1.84 bits per heavy atom. The molecule has 1 amide bonds. The van der Waals surface area contributed by atoms with E-state index in [4.69, 9.17) is 0 Å². The third-order valence-corrected chi connectivity index (χ3v) is 13.6. The van der Waals surface area contributed by atoms with Crippen LogP contribution in [0.15, 0.2) is 17.4 Å². The van der Waals surface area contributed by atoms with Gasteiger partial charge in [-0.2, -0.15) is 0 Å². The molecule has 1 N–H and O–H groups in total. The summed E-state index contributed by atoms with van der Waals surface area (Å²) in [5.74, 6) is -5.24. The molecule has 4 saturated heterocycles. The second-order valence-electron chi connectivity index (χ2n) is 12.2. The predicted molar refractivity (Wildman–Crippen MR) is 149 cm³/mol. The van der Waals surface area contributed by atoms with E-state index in [1.165, 1.54) is 54.6 Å². The number of sulfone groups is 1. The molecule has 5 heterocycles. The van der Waals surface area contributed by atoms with Crippen LogP contribution in [0.1, 0.15) is 52.9 Å². The van der Waals surface area contributed by atoms with Crippen LogP contribution in [0.5, 0.6) is 0 Å². The number of rotatable bonds is 6. The van der Waals surface area contributed by atoms with E-state index in [-0.39, 0.29) is 59.6 Å². The van der Waals surface area contributed by atoms with Crippen molar-refractivity contribution >= 4 is 51.6 Å². The molecule has 2 unspecified atom stereocenters. The first-order valence-corrected chi connectivity index (χ1v) is 16.4. The molecule has 6 rings (SSSR count). The number of thioether (sulfide) groups is 1. The van der Waals surface area contributed by atoms with E-state index in [0.717, 1.165) is 13.1 Å². The minimum atomic E-state index is -3.76.